The quantitative estimate of drug-likeness (QED) is 0.773. The summed E-state index contributed by atoms with van der Waals surface area (Å²) in [5.74, 6) is 0.820. The van der Waals surface area contributed by atoms with Gasteiger partial charge in [-0.05, 0) is 5.56 Å². The van der Waals surface area contributed by atoms with Gasteiger partial charge in [0.05, 0.1) is 0 Å². The minimum Gasteiger partial charge on any atom is -0.265 e. The summed E-state index contributed by atoms with van der Waals surface area (Å²) >= 11 is 3.65. The van der Waals surface area contributed by atoms with Gasteiger partial charge >= 0.3 is 0 Å². The highest BCUT2D eigenvalue weighted by molar-refractivity contribution is 9.11. The van der Waals surface area contributed by atoms with Crippen LogP contribution in [0.15, 0.2) is 70.3 Å². The molecule has 0 fully saturated rings. The summed E-state index contributed by atoms with van der Waals surface area (Å²) in [6, 6.07) is 10.5. The van der Waals surface area contributed by atoms with E-state index in [1.807, 2.05) is 6.20 Å². The number of benzene rings is 1. The van der Waals surface area contributed by atoms with Crippen LogP contribution in [0.3, 0.4) is 0 Å². The first-order valence-electron chi connectivity index (χ1n) is 6.15. The van der Waals surface area contributed by atoms with Gasteiger partial charge in [-0.2, -0.15) is 0 Å². The van der Waals surface area contributed by atoms with Crippen molar-refractivity contribution in [3.8, 4) is 0 Å². The van der Waals surface area contributed by atoms with E-state index in [9.17, 15) is 0 Å². The Hall–Kier alpha value is -1.41. The first-order valence-corrected chi connectivity index (χ1v) is 6.95. The highest BCUT2D eigenvalue weighted by atomic mass is 79.9. The summed E-state index contributed by atoms with van der Waals surface area (Å²) in [6.45, 7) is 0. The first-order chi connectivity index (χ1) is 8.84. The third-order valence-electron chi connectivity index (χ3n) is 3.43. The molecule has 2 heteroatoms. The molecule has 0 aromatic heterocycles. The summed E-state index contributed by atoms with van der Waals surface area (Å²) < 4.78 is 1.24. The number of allylic oxidation sites excluding steroid dienone is 5. The standard InChI is InChI=1S/C16H14BrN/c17-15-8-4-7-14-13(15)9-10-18-16(14)11-12-5-2-1-3-6-12/h1-10,13-14H,11H2. The van der Waals surface area contributed by atoms with Crippen molar-refractivity contribution in [2.75, 3.05) is 0 Å². The number of fused-ring (bicyclic) bond motifs is 1. The number of hydrogen-bond acceptors (Lipinski definition) is 1. The lowest BCUT2D eigenvalue weighted by Crippen LogP contribution is -2.26. The highest BCUT2D eigenvalue weighted by Crippen LogP contribution is 2.35. The molecular formula is C16H14BrN. The fraction of sp³-hybridized carbons (Fsp3) is 0.188. The maximum absolute atomic E-state index is 4.58. The van der Waals surface area contributed by atoms with E-state index in [0.717, 1.165) is 6.42 Å². The minimum atomic E-state index is 0.398. The molecule has 0 spiro atoms. The largest absolute Gasteiger partial charge is 0.265 e. The van der Waals surface area contributed by atoms with Crippen LogP contribution in [0, 0.1) is 11.8 Å². The van der Waals surface area contributed by atoms with Gasteiger partial charge in [-0.3, -0.25) is 4.99 Å². The normalized spacial score (nSPS) is 25.4. The van der Waals surface area contributed by atoms with Crippen molar-refractivity contribution in [3.05, 3.63) is 70.9 Å². The summed E-state index contributed by atoms with van der Waals surface area (Å²) in [6.07, 6.45) is 11.5. The third-order valence-corrected chi connectivity index (χ3v) is 4.22. The summed E-state index contributed by atoms with van der Waals surface area (Å²) in [7, 11) is 0. The van der Waals surface area contributed by atoms with E-state index in [1.54, 1.807) is 0 Å². The Morgan fingerprint density at radius 1 is 1.06 bits per heavy atom. The molecule has 0 saturated carbocycles. The molecule has 0 N–H and O–H groups in total. The van der Waals surface area contributed by atoms with Crippen LogP contribution in [0.5, 0.6) is 0 Å². The zero-order chi connectivity index (χ0) is 12.4. The van der Waals surface area contributed by atoms with Crippen LogP contribution < -0.4 is 0 Å². The lowest BCUT2D eigenvalue weighted by atomic mass is 9.81. The van der Waals surface area contributed by atoms with Gasteiger partial charge < -0.3 is 0 Å². The van der Waals surface area contributed by atoms with Crippen LogP contribution in [0.1, 0.15) is 5.56 Å². The molecule has 2 aliphatic rings. The second-order valence-corrected chi connectivity index (χ2v) is 5.53. The van der Waals surface area contributed by atoms with Crippen molar-refractivity contribution in [1.29, 1.82) is 0 Å². The lowest BCUT2D eigenvalue weighted by molar-refractivity contribution is 0.674. The number of aliphatic imine (C=N–C) groups is 1. The van der Waals surface area contributed by atoms with Crippen molar-refractivity contribution in [2.45, 2.75) is 6.42 Å². The zero-order valence-electron chi connectivity index (χ0n) is 9.96. The van der Waals surface area contributed by atoms with E-state index in [-0.39, 0.29) is 0 Å². The van der Waals surface area contributed by atoms with Gasteiger partial charge in [0.25, 0.3) is 0 Å². The van der Waals surface area contributed by atoms with Gasteiger partial charge in [0.15, 0.2) is 0 Å². The Labute approximate surface area is 116 Å². The fourth-order valence-electron chi connectivity index (χ4n) is 2.49. The third kappa shape index (κ3) is 2.25. The number of nitrogens with zero attached hydrogens (tertiary/aromatic N) is 1. The molecule has 1 aromatic carbocycles. The van der Waals surface area contributed by atoms with E-state index in [2.05, 4.69) is 75.6 Å². The monoisotopic (exact) mass is 299 g/mol. The second-order valence-electron chi connectivity index (χ2n) is 4.61. The Morgan fingerprint density at radius 3 is 2.72 bits per heavy atom. The molecule has 2 unspecified atom stereocenters. The lowest BCUT2D eigenvalue weighted by Gasteiger charge is -2.28. The average Bonchev–Trinajstić information content (AvgIpc) is 2.41. The molecule has 1 nitrogen and oxygen atoms in total. The van der Waals surface area contributed by atoms with E-state index >= 15 is 0 Å². The van der Waals surface area contributed by atoms with E-state index in [1.165, 1.54) is 15.8 Å². The molecule has 0 saturated heterocycles. The second kappa shape index (κ2) is 5.07. The smallest absolute Gasteiger partial charge is 0.0300 e. The van der Waals surface area contributed by atoms with Crippen molar-refractivity contribution in [1.82, 2.24) is 0 Å². The Balaban J connectivity index is 1.85. The van der Waals surface area contributed by atoms with Crippen LogP contribution in [0.25, 0.3) is 0 Å². The SMILES string of the molecule is BrC1=CC=CC2C(Cc3ccccc3)=NC=CC12. The van der Waals surface area contributed by atoms with Crippen molar-refractivity contribution in [2.24, 2.45) is 16.8 Å². The molecule has 18 heavy (non-hydrogen) atoms. The fourth-order valence-corrected chi connectivity index (χ4v) is 3.08. The Morgan fingerprint density at radius 2 is 1.89 bits per heavy atom. The van der Waals surface area contributed by atoms with Gasteiger partial charge in [0.2, 0.25) is 0 Å². The summed E-state index contributed by atoms with van der Waals surface area (Å²) in [5, 5.41) is 0. The molecule has 2 atom stereocenters. The van der Waals surface area contributed by atoms with Crippen LogP contribution in [0.4, 0.5) is 0 Å². The molecule has 0 amide bonds. The summed E-state index contributed by atoms with van der Waals surface area (Å²) in [4.78, 5) is 4.58. The maximum Gasteiger partial charge on any atom is 0.0300 e. The van der Waals surface area contributed by atoms with E-state index in [0.29, 0.717) is 11.8 Å². The molecule has 1 aromatic rings. The van der Waals surface area contributed by atoms with E-state index in [4.69, 9.17) is 0 Å². The van der Waals surface area contributed by atoms with Gasteiger partial charge in [0.1, 0.15) is 0 Å². The highest BCUT2D eigenvalue weighted by Gasteiger charge is 2.27. The topological polar surface area (TPSA) is 12.4 Å². The predicted octanol–water partition coefficient (Wildman–Crippen LogP) is 4.28. The van der Waals surface area contributed by atoms with E-state index < -0.39 is 0 Å². The number of halogens is 1. The van der Waals surface area contributed by atoms with Crippen LogP contribution in [-0.4, -0.2) is 5.71 Å². The zero-order valence-corrected chi connectivity index (χ0v) is 11.5. The van der Waals surface area contributed by atoms with Crippen LogP contribution in [-0.2, 0) is 6.42 Å². The molecule has 1 aliphatic carbocycles. The number of hydrogen-bond donors (Lipinski definition) is 0. The van der Waals surface area contributed by atoms with Gasteiger partial charge in [-0.15, -0.1) is 0 Å². The van der Waals surface area contributed by atoms with Crippen molar-refractivity contribution < 1.29 is 0 Å². The van der Waals surface area contributed by atoms with Crippen LogP contribution in [0.2, 0.25) is 0 Å². The maximum atomic E-state index is 4.58. The average molecular weight is 300 g/mol. The van der Waals surface area contributed by atoms with Gasteiger partial charge in [-0.25, -0.2) is 0 Å². The van der Waals surface area contributed by atoms with Crippen molar-refractivity contribution >= 4 is 21.6 Å². The summed E-state index contributed by atoms with van der Waals surface area (Å²) in [5.41, 5.74) is 2.57. The molecule has 90 valence electrons. The molecule has 0 radical (unpaired) electrons. The van der Waals surface area contributed by atoms with Gasteiger partial charge in [0, 0.05) is 34.7 Å². The predicted molar refractivity (Wildman–Crippen MR) is 79.9 cm³/mol. The Kier molecular flexibility index (Phi) is 3.28. The van der Waals surface area contributed by atoms with Crippen LogP contribution >= 0.6 is 15.9 Å². The molecule has 1 heterocycles. The first kappa shape index (κ1) is 11.7. The van der Waals surface area contributed by atoms with Gasteiger partial charge in [-0.1, -0.05) is 70.6 Å². The number of rotatable bonds is 2. The van der Waals surface area contributed by atoms with Crippen molar-refractivity contribution in [3.63, 3.8) is 0 Å². The molecular weight excluding hydrogens is 286 g/mol. The molecule has 3 rings (SSSR count). The minimum absolute atomic E-state index is 0.398. The Bertz CT molecular complexity index is 552. The molecule has 1 aliphatic heterocycles. The molecule has 0 bridgehead atoms.